The van der Waals surface area contributed by atoms with Crippen molar-refractivity contribution >= 4 is 0 Å². The highest BCUT2D eigenvalue weighted by molar-refractivity contribution is 5.29. The monoisotopic (exact) mass is 303 g/mol. The molecule has 0 aromatic carbocycles. The third kappa shape index (κ3) is 4.57. The van der Waals surface area contributed by atoms with E-state index in [1.807, 2.05) is 6.20 Å². The molecule has 2 atom stereocenters. The van der Waals surface area contributed by atoms with Gasteiger partial charge in [0.25, 0.3) is 0 Å². The number of nitrogens with zero attached hydrogens (tertiary/aromatic N) is 1. The van der Waals surface area contributed by atoms with E-state index in [0.717, 1.165) is 0 Å². The molecule has 0 amide bonds. The van der Waals surface area contributed by atoms with E-state index in [-0.39, 0.29) is 5.41 Å². The summed E-state index contributed by atoms with van der Waals surface area (Å²) >= 11 is 0. The normalized spacial score (nSPS) is 17.0. The largest absolute Gasteiger partial charge is 0.261 e. The van der Waals surface area contributed by atoms with Crippen molar-refractivity contribution in [3.8, 4) is 0 Å². The first-order chi connectivity index (χ1) is 10.5. The van der Waals surface area contributed by atoms with Crippen molar-refractivity contribution in [3.05, 3.63) is 29.6 Å². The third-order valence-electron chi connectivity index (χ3n) is 5.54. The molecule has 1 heteroatoms. The SMILES string of the molecule is CCCCC(C)(CCC)c1cc(C(C)(CC)CCC)ccn1. The minimum absolute atomic E-state index is 0.238. The molecular weight excluding hydrogens is 266 g/mol. The molecule has 22 heavy (non-hydrogen) atoms. The number of hydrogen-bond donors (Lipinski definition) is 0. The smallest absolute Gasteiger partial charge is 0.0465 e. The van der Waals surface area contributed by atoms with Gasteiger partial charge < -0.3 is 0 Å². The van der Waals surface area contributed by atoms with E-state index in [2.05, 4.69) is 53.7 Å². The van der Waals surface area contributed by atoms with Crippen molar-refractivity contribution in [1.29, 1.82) is 0 Å². The Morgan fingerprint density at radius 1 is 0.864 bits per heavy atom. The fraction of sp³-hybridized carbons (Fsp3) is 0.762. The molecule has 0 saturated heterocycles. The van der Waals surface area contributed by atoms with Crippen LogP contribution in [0.3, 0.4) is 0 Å². The summed E-state index contributed by atoms with van der Waals surface area (Å²) < 4.78 is 0. The predicted octanol–water partition coefficient (Wildman–Crippen LogP) is 6.80. The molecule has 0 fully saturated rings. The zero-order valence-electron chi connectivity index (χ0n) is 15.8. The van der Waals surface area contributed by atoms with E-state index >= 15 is 0 Å². The first-order valence-corrected chi connectivity index (χ1v) is 9.42. The summed E-state index contributed by atoms with van der Waals surface area (Å²) in [6.45, 7) is 14.0. The van der Waals surface area contributed by atoms with Gasteiger partial charge in [-0.15, -0.1) is 0 Å². The van der Waals surface area contributed by atoms with Crippen LogP contribution in [0.25, 0.3) is 0 Å². The minimum atomic E-state index is 0.238. The Morgan fingerprint density at radius 3 is 2.05 bits per heavy atom. The fourth-order valence-corrected chi connectivity index (χ4v) is 3.71. The second-order valence-corrected chi connectivity index (χ2v) is 7.51. The molecule has 1 rings (SSSR count). The maximum absolute atomic E-state index is 4.79. The molecule has 1 heterocycles. The number of pyridine rings is 1. The first-order valence-electron chi connectivity index (χ1n) is 9.42. The Balaban J connectivity index is 3.16. The van der Waals surface area contributed by atoms with E-state index in [4.69, 9.17) is 4.98 Å². The zero-order chi connectivity index (χ0) is 16.6. The summed E-state index contributed by atoms with van der Waals surface area (Å²) in [6, 6.07) is 4.67. The van der Waals surface area contributed by atoms with Crippen molar-refractivity contribution in [2.45, 2.75) is 104 Å². The predicted molar refractivity (Wildman–Crippen MR) is 98.6 cm³/mol. The van der Waals surface area contributed by atoms with Gasteiger partial charge in [0.05, 0.1) is 0 Å². The van der Waals surface area contributed by atoms with Crippen LogP contribution >= 0.6 is 0 Å². The van der Waals surface area contributed by atoms with Gasteiger partial charge in [-0.3, -0.25) is 4.98 Å². The average molecular weight is 304 g/mol. The lowest BCUT2D eigenvalue weighted by Crippen LogP contribution is -2.26. The van der Waals surface area contributed by atoms with Crippen LogP contribution < -0.4 is 0 Å². The molecule has 0 aliphatic rings. The molecule has 0 bridgehead atoms. The topological polar surface area (TPSA) is 12.9 Å². The lowest BCUT2D eigenvalue weighted by molar-refractivity contribution is 0.368. The highest BCUT2D eigenvalue weighted by Gasteiger charge is 2.29. The standard InChI is InChI=1S/C21H37N/c1-7-11-15-21(6,14-9-3)19-17-18(12-16-22-19)20(5,10-4)13-8-2/h12,16-17H,7-11,13-15H2,1-6H3. The van der Waals surface area contributed by atoms with Gasteiger partial charge in [0.1, 0.15) is 0 Å². The van der Waals surface area contributed by atoms with Gasteiger partial charge in [-0.05, 0) is 48.8 Å². The minimum Gasteiger partial charge on any atom is -0.261 e. The molecule has 0 N–H and O–H groups in total. The van der Waals surface area contributed by atoms with Gasteiger partial charge in [-0.25, -0.2) is 0 Å². The lowest BCUT2D eigenvalue weighted by Gasteiger charge is -2.33. The van der Waals surface area contributed by atoms with Crippen molar-refractivity contribution < 1.29 is 0 Å². The van der Waals surface area contributed by atoms with Crippen LogP contribution in [-0.2, 0) is 10.8 Å². The summed E-state index contributed by atoms with van der Waals surface area (Å²) in [6.07, 6.45) is 12.0. The molecular formula is C21H37N. The van der Waals surface area contributed by atoms with Crippen molar-refractivity contribution in [2.24, 2.45) is 0 Å². The maximum atomic E-state index is 4.79. The Kier molecular flexibility index (Phi) is 7.59. The molecule has 0 aliphatic heterocycles. The highest BCUT2D eigenvalue weighted by atomic mass is 14.7. The molecule has 0 radical (unpaired) electrons. The molecule has 0 aliphatic carbocycles. The number of rotatable bonds is 10. The molecule has 0 spiro atoms. The quantitative estimate of drug-likeness (QED) is 0.463. The molecule has 126 valence electrons. The van der Waals surface area contributed by atoms with E-state index in [0.29, 0.717) is 5.41 Å². The van der Waals surface area contributed by atoms with Gasteiger partial charge in [0.2, 0.25) is 0 Å². The van der Waals surface area contributed by atoms with E-state index in [1.54, 1.807) is 0 Å². The van der Waals surface area contributed by atoms with Crippen LogP contribution in [0.1, 0.15) is 104 Å². The zero-order valence-corrected chi connectivity index (χ0v) is 15.8. The van der Waals surface area contributed by atoms with E-state index in [9.17, 15) is 0 Å². The van der Waals surface area contributed by atoms with Crippen molar-refractivity contribution in [1.82, 2.24) is 4.98 Å². The molecule has 1 aromatic rings. The van der Waals surface area contributed by atoms with Crippen LogP contribution in [0.15, 0.2) is 18.3 Å². The van der Waals surface area contributed by atoms with E-state index < -0.39 is 0 Å². The van der Waals surface area contributed by atoms with Gasteiger partial charge in [-0.1, -0.05) is 67.2 Å². The Labute approximate surface area is 138 Å². The second-order valence-electron chi connectivity index (χ2n) is 7.51. The third-order valence-corrected chi connectivity index (χ3v) is 5.54. The number of hydrogen-bond acceptors (Lipinski definition) is 1. The maximum Gasteiger partial charge on any atom is 0.0465 e. The Hall–Kier alpha value is -0.850. The van der Waals surface area contributed by atoms with E-state index in [1.165, 1.54) is 62.6 Å². The highest BCUT2D eigenvalue weighted by Crippen LogP contribution is 2.37. The number of unbranched alkanes of at least 4 members (excludes halogenated alkanes) is 1. The van der Waals surface area contributed by atoms with Crippen molar-refractivity contribution in [2.75, 3.05) is 0 Å². The van der Waals surface area contributed by atoms with Crippen LogP contribution in [0.5, 0.6) is 0 Å². The Bertz CT molecular complexity index is 439. The van der Waals surface area contributed by atoms with Crippen LogP contribution in [0.4, 0.5) is 0 Å². The van der Waals surface area contributed by atoms with Crippen LogP contribution in [0, 0.1) is 0 Å². The molecule has 1 aromatic heterocycles. The Morgan fingerprint density at radius 2 is 1.50 bits per heavy atom. The summed E-state index contributed by atoms with van der Waals surface area (Å²) in [5, 5.41) is 0. The van der Waals surface area contributed by atoms with Gasteiger partial charge >= 0.3 is 0 Å². The van der Waals surface area contributed by atoms with Gasteiger partial charge in [0, 0.05) is 17.3 Å². The molecule has 1 nitrogen and oxygen atoms in total. The molecule has 2 unspecified atom stereocenters. The van der Waals surface area contributed by atoms with Crippen LogP contribution in [0.2, 0.25) is 0 Å². The summed E-state index contributed by atoms with van der Waals surface area (Å²) in [7, 11) is 0. The fourth-order valence-electron chi connectivity index (χ4n) is 3.71. The average Bonchev–Trinajstić information content (AvgIpc) is 2.53. The molecule has 0 saturated carbocycles. The second kappa shape index (κ2) is 8.70. The lowest BCUT2D eigenvalue weighted by atomic mass is 9.73. The summed E-state index contributed by atoms with van der Waals surface area (Å²) in [5.41, 5.74) is 3.34. The van der Waals surface area contributed by atoms with Gasteiger partial charge in [0.15, 0.2) is 0 Å². The van der Waals surface area contributed by atoms with Crippen LogP contribution in [-0.4, -0.2) is 4.98 Å². The first kappa shape index (κ1) is 19.2. The summed E-state index contributed by atoms with van der Waals surface area (Å²) in [4.78, 5) is 4.79. The van der Waals surface area contributed by atoms with Gasteiger partial charge in [-0.2, -0.15) is 0 Å². The summed E-state index contributed by atoms with van der Waals surface area (Å²) in [5.74, 6) is 0. The number of aromatic nitrogens is 1. The van der Waals surface area contributed by atoms with Crippen molar-refractivity contribution in [3.63, 3.8) is 0 Å².